The lowest BCUT2D eigenvalue weighted by molar-refractivity contribution is 0.101. The summed E-state index contributed by atoms with van der Waals surface area (Å²) in [4.78, 5) is 12.5. The smallest absolute Gasteiger partial charge is 0.272 e. The van der Waals surface area contributed by atoms with E-state index in [1.807, 2.05) is 29.1 Å². The number of nitrogens with zero attached hydrogens (tertiary/aromatic N) is 3. The lowest BCUT2D eigenvalue weighted by atomic mass is 10.2. The molecule has 3 aromatic heterocycles. The molecule has 7 heteroatoms. The number of halogens is 1. The van der Waals surface area contributed by atoms with Crippen molar-refractivity contribution in [3.8, 4) is 0 Å². The van der Waals surface area contributed by atoms with Gasteiger partial charge in [0, 0.05) is 13.2 Å². The number of carbonyl (C=O) groups excluding carboxylic acids is 1. The number of fused-ring (bicyclic) bond motifs is 1. The minimum atomic E-state index is -0.264. The van der Waals surface area contributed by atoms with Gasteiger partial charge in [0.2, 0.25) is 0 Å². The number of aryl methyl sites for hydroxylation is 1. The van der Waals surface area contributed by atoms with Crippen molar-refractivity contribution < 1.29 is 9.18 Å². The molecule has 0 unspecified atom stereocenters. The Kier molecular flexibility index (Phi) is 3.85. The molecule has 25 heavy (non-hydrogen) atoms. The number of aromatic nitrogens is 3. The number of nitrogens with one attached hydrogen (secondary N) is 1. The van der Waals surface area contributed by atoms with Crippen LogP contribution in [-0.4, -0.2) is 20.3 Å². The van der Waals surface area contributed by atoms with Crippen LogP contribution in [0.4, 0.5) is 10.1 Å². The zero-order chi connectivity index (χ0) is 17.4. The van der Waals surface area contributed by atoms with Crippen molar-refractivity contribution in [1.82, 2.24) is 14.3 Å². The molecule has 4 rings (SSSR count). The molecule has 1 aromatic carbocycles. The van der Waals surface area contributed by atoms with E-state index in [2.05, 4.69) is 10.4 Å². The van der Waals surface area contributed by atoms with Gasteiger partial charge in [0.25, 0.3) is 5.91 Å². The van der Waals surface area contributed by atoms with Crippen molar-refractivity contribution in [3.05, 3.63) is 71.2 Å². The fraction of sp³-hybridized carbons (Fsp3) is 0.111. The molecule has 0 fully saturated rings. The van der Waals surface area contributed by atoms with Crippen molar-refractivity contribution in [2.45, 2.75) is 6.54 Å². The van der Waals surface area contributed by atoms with Gasteiger partial charge < -0.3 is 9.88 Å². The van der Waals surface area contributed by atoms with Crippen LogP contribution in [-0.2, 0) is 13.6 Å². The molecule has 0 spiro atoms. The molecular formula is C18H15FN4OS. The van der Waals surface area contributed by atoms with Crippen molar-refractivity contribution in [1.29, 1.82) is 0 Å². The molecule has 0 aliphatic carbocycles. The molecule has 4 aromatic rings. The van der Waals surface area contributed by atoms with Gasteiger partial charge in [-0.15, -0.1) is 11.3 Å². The van der Waals surface area contributed by atoms with Crippen LogP contribution in [0.2, 0.25) is 0 Å². The summed E-state index contributed by atoms with van der Waals surface area (Å²) in [6.07, 6.45) is 3.36. The molecule has 0 atom stereocenters. The zero-order valence-corrected chi connectivity index (χ0v) is 14.3. The predicted octanol–water partition coefficient (Wildman–Crippen LogP) is 3.88. The lowest BCUT2D eigenvalue weighted by Gasteiger charge is -2.04. The second-order valence-electron chi connectivity index (χ2n) is 5.77. The third-order valence-electron chi connectivity index (χ3n) is 4.05. The molecule has 0 saturated heterocycles. The third-order valence-corrected chi connectivity index (χ3v) is 4.90. The number of carbonyl (C=O) groups is 1. The highest BCUT2D eigenvalue weighted by atomic mass is 32.1. The summed E-state index contributed by atoms with van der Waals surface area (Å²) >= 11 is 1.61. The first-order valence-corrected chi connectivity index (χ1v) is 8.59. The molecule has 126 valence electrons. The van der Waals surface area contributed by atoms with Gasteiger partial charge in [0.15, 0.2) is 0 Å². The molecule has 3 heterocycles. The standard InChI is InChI=1S/C18H15FN4OS/c1-22-15-6-7-25-17(15)8-16(22)18(24)21-14-9-20-23(11-14)10-12-2-4-13(19)5-3-12/h2-9,11H,10H2,1H3,(H,21,24). The second-order valence-corrected chi connectivity index (χ2v) is 6.71. The largest absolute Gasteiger partial charge is 0.339 e. The number of hydrogen-bond acceptors (Lipinski definition) is 3. The summed E-state index contributed by atoms with van der Waals surface area (Å²) in [5, 5.41) is 9.11. The minimum absolute atomic E-state index is 0.174. The molecule has 0 aliphatic heterocycles. The topological polar surface area (TPSA) is 51.9 Å². The molecule has 0 radical (unpaired) electrons. The number of benzene rings is 1. The van der Waals surface area contributed by atoms with E-state index in [0.29, 0.717) is 17.9 Å². The van der Waals surface area contributed by atoms with Gasteiger partial charge in [0.1, 0.15) is 11.5 Å². The van der Waals surface area contributed by atoms with Crippen LogP contribution in [0.3, 0.4) is 0 Å². The fourth-order valence-corrected chi connectivity index (χ4v) is 3.60. The zero-order valence-electron chi connectivity index (χ0n) is 13.4. The van der Waals surface area contributed by atoms with E-state index in [4.69, 9.17) is 0 Å². The Morgan fingerprint density at radius 1 is 1.28 bits per heavy atom. The molecule has 1 amide bonds. The molecule has 5 nitrogen and oxygen atoms in total. The Bertz CT molecular complexity index is 1040. The summed E-state index contributed by atoms with van der Waals surface area (Å²) < 4.78 is 17.6. The van der Waals surface area contributed by atoms with Gasteiger partial charge in [0.05, 0.1) is 28.6 Å². The van der Waals surface area contributed by atoms with Crippen LogP contribution in [0.5, 0.6) is 0 Å². The van der Waals surface area contributed by atoms with Crippen molar-refractivity contribution in [3.63, 3.8) is 0 Å². The van der Waals surface area contributed by atoms with E-state index in [-0.39, 0.29) is 11.7 Å². The Morgan fingerprint density at radius 2 is 2.08 bits per heavy atom. The van der Waals surface area contributed by atoms with Gasteiger partial charge in [-0.3, -0.25) is 9.48 Å². The Balaban J connectivity index is 1.48. The van der Waals surface area contributed by atoms with Gasteiger partial charge in [-0.2, -0.15) is 5.10 Å². The summed E-state index contributed by atoms with van der Waals surface area (Å²) in [5.41, 5.74) is 3.21. The van der Waals surface area contributed by atoms with Crippen LogP contribution in [0, 0.1) is 5.82 Å². The van der Waals surface area contributed by atoms with Crippen molar-refractivity contribution in [2.24, 2.45) is 7.05 Å². The number of hydrogen-bond donors (Lipinski definition) is 1. The van der Waals surface area contributed by atoms with Crippen LogP contribution >= 0.6 is 11.3 Å². The van der Waals surface area contributed by atoms with Gasteiger partial charge in [-0.05, 0) is 35.2 Å². The van der Waals surface area contributed by atoms with Gasteiger partial charge in [-0.25, -0.2) is 4.39 Å². The summed E-state index contributed by atoms with van der Waals surface area (Å²) in [5.74, 6) is -0.438. The van der Waals surface area contributed by atoms with Gasteiger partial charge in [-0.1, -0.05) is 12.1 Å². The third kappa shape index (κ3) is 3.06. The van der Waals surface area contributed by atoms with Crippen LogP contribution in [0.1, 0.15) is 16.1 Å². The molecule has 0 saturated carbocycles. The first-order chi connectivity index (χ1) is 12.1. The second kappa shape index (κ2) is 6.18. The molecule has 1 N–H and O–H groups in total. The van der Waals surface area contributed by atoms with E-state index in [1.165, 1.54) is 12.1 Å². The summed E-state index contributed by atoms with van der Waals surface area (Å²) in [7, 11) is 1.88. The Morgan fingerprint density at radius 3 is 2.84 bits per heavy atom. The predicted molar refractivity (Wildman–Crippen MR) is 96.5 cm³/mol. The van der Waals surface area contributed by atoms with Gasteiger partial charge >= 0.3 is 0 Å². The lowest BCUT2D eigenvalue weighted by Crippen LogP contribution is -2.15. The minimum Gasteiger partial charge on any atom is -0.339 e. The highest BCUT2D eigenvalue weighted by Crippen LogP contribution is 2.24. The summed E-state index contributed by atoms with van der Waals surface area (Å²) in [6, 6.07) is 10.2. The number of anilines is 1. The van der Waals surface area contributed by atoms with E-state index < -0.39 is 0 Å². The van der Waals surface area contributed by atoms with Crippen LogP contribution in [0.25, 0.3) is 10.2 Å². The maximum atomic E-state index is 12.9. The summed E-state index contributed by atoms with van der Waals surface area (Å²) in [6.45, 7) is 0.510. The van der Waals surface area contributed by atoms with E-state index in [1.54, 1.807) is 40.5 Å². The monoisotopic (exact) mass is 354 g/mol. The van der Waals surface area contributed by atoms with Crippen molar-refractivity contribution in [2.75, 3.05) is 5.32 Å². The van der Waals surface area contributed by atoms with Crippen molar-refractivity contribution >= 4 is 33.1 Å². The fourth-order valence-electron chi connectivity index (χ4n) is 2.75. The average Bonchev–Trinajstić information content (AvgIpc) is 3.28. The maximum Gasteiger partial charge on any atom is 0.272 e. The molecular weight excluding hydrogens is 339 g/mol. The normalized spacial score (nSPS) is 11.1. The number of thiophene rings is 1. The van der Waals surface area contributed by atoms with E-state index >= 15 is 0 Å². The Labute approximate surface area is 147 Å². The number of amides is 1. The first-order valence-electron chi connectivity index (χ1n) is 7.71. The number of rotatable bonds is 4. The SMILES string of the molecule is Cn1c(C(=O)Nc2cnn(Cc3ccc(F)cc3)c2)cc2sccc21. The van der Waals surface area contributed by atoms with Crippen LogP contribution in [0.15, 0.2) is 54.2 Å². The van der Waals surface area contributed by atoms with Crippen LogP contribution < -0.4 is 5.32 Å². The average molecular weight is 354 g/mol. The molecule has 0 bridgehead atoms. The van der Waals surface area contributed by atoms with E-state index in [0.717, 1.165) is 15.8 Å². The maximum absolute atomic E-state index is 12.9. The highest BCUT2D eigenvalue weighted by Gasteiger charge is 2.15. The quantitative estimate of drug-likeness (QED) is 0.605. The molecule has 0 aliphatic rings. The first kappa shape index (κ1) is 15.6. The van der Waals surface area contributed by atoms with E-state index in [9.17, 15) is 9.18 Å². The Hall–Kier alpha value is -2.93. The highest BCUT2D eigenvalue weighted by molar-refractivity contribution is 7.17.